The fourth-order valence-electron chi connectivity index (χ4n) is 4.29. The highest BCUT2D eigenvalue weighted by atomic mass is 35.5. The van der Waals surface area contributed by atoms with Gasteiger partial charge in [0.15, 0.2) is 0 Å². The predicted octanol–water partition coefficient (Wildman–Crippen LogP) is 5.22. The Morgan fingerprint density at radius 1 is 1.11 bits per heavy atom. The Labute approximate surface area is 167 Å². The number of carbonyl (C=O) groups excluding carboxylic acids is 1. The van der Waals surface area contributed by atoms with Crippen LogP contribution in [0, 0.1) is 0 Å². The lowest BCUT2D eigenvalue weighted by Crippen LogP contribution is -2.48. The average Bonchev–Trinajstić information content (AvgIpc) is 3.21. The molecule has 3 nitrogen and oxygen atoms in total. The molecule has 0 saturated heterocycles. The van der Waals surface area contributed by atoms with Crippen LogP contribution in [0.4, 0.5) is 0 Å². The largest absolute Gasteiger partial charge is 0.372 e. The molecule has 1 unspecified atom stereocenters. The lowest BCUT2D eigenvalue weighted by molar-refractivity contribution is -0.128. The van der Waals surface area contributed by atoms with E-state index < -0.39 is 11.0 Å². The van der Waals surface area contributed by atoms with E-state index >= 15 is 0 Å². The Kier molecular flexibility index (Phi) is 6.23. The number of halogens is 1. The molecule has 0 aromatic heterocycles. The normalized spacial score (nSPS) is 18.0. The molecule has 1 aliphatic carbocycles. The van der Waals surface area contributed by atoms with Gasteiger partial charge in [-0.15, -0.1) is 0 Å². The van der Waals surface area contributed by atoms with Crippen LogP contribution < -0.4 is 5.32 Å². The van der Waals surface area contributed by atoms with Crippen LogP contribution in [0.25, 0.3) is 0 Å². The number of rotatable bonds is 7. The number of hydrogen-bond acceptors (Lipinski definition) is 2. The molecule has 0 aliphatic heterocycles. The third-order valence-electron chi connectivity index (χ3n) is 6.08. The first-order chi connectivity index (χ1) is 13.1. The first-order valence-electron chi connectivity index (χ1n) is 9.71. The molecule has 1 saturated carbocycles. The second-order valence-corrected chi connectivity index (χ2v) is 7.83. The summed E-state index contributed by atoms with van der Waals surface area (Å²) < 4.78 is 5.91. The smallest absolute Gasteiger partial charge is 0.230 e. The molecule has 144 valence electrons. The van der Waals surface area contributed by atoms with Crippen LogP contribution in [-0.2, 0) is 20.5 Å². The van der Waals surface area contributed by atoms with E-state index in [1.807, 2.05) is 42.5 Å². The summed E-state index contributed by atoms with van der Waals surface area (Å²) in [6.07, 6.45) is 4.66. The molecule has 3 rings (SSSR count). The van der Waals surface area contributed by atoms with E-state index in [0.717, 1.165) is 43.2 Å². The van der Waals surface area contributed by atoms with Crippen LogP contribution in [0.3, 0.4) is 0 Å². The van der Waals surface area contributed by atoms with Crippen molar-refractivity contribution in [3.8, 4) is 0 Å². The zero-order chi connectivity index (χ0) is 19.3. The molecule has 1 atom stereocenters. The molecule has 27 heavy (non-hydrogen) atoms. The fourth-order valence-corrected chi connectivity index (χ4v) is 4.42. The SMILES string of the molecule is CCC(CNC(=O)C1(c2ccc(Cl)cc2)CCCC1)(OC)c1ccccc1. The minimum atomic E-state index is -0.517. The first kappa shape index (κ1) is 19.9. The van der Waals surface area contributed by atoms with Crippen LogP contribution in [0.2, 0.25) is 5.02 Å². The Hall–Kier alpha value is -1.84. The van der Waals surface area contributed by atoms with Crippen molar-refractivity contribution in [1.29, 1.82) is 0 Å². The van der Waals surface area contributed by atoms with Gasteiger partial charge in [-0.2, -0.15) is 0 Å². The minimum Gasteiger partial charge on any atom is -0.372 e. The molecule has 0 heterocycles. The van der Waals surface area contributed by atoms with Gasteiger partial charge in [-0.05, 0) is 42.5 Å². The van der Waals surface area contributed by atoms with E-state index in [0.29, 0.717) is 11.6 Å². The zero-order valence-electron chi connectivity index (χ0n) is 16.1. The topological polar surface area (TPSA) is 38.3 Å². The van der Waals surface area contributed by atoms with E-state index in [-0.39, 0.29) is 5.91 Å². The molecular formula is C23H28ClNO2. The molecule has 4 heteroatoms. The summed E-state index contributed by atoms with van der Waals surface area (Å²) in [5.74, 6) is 0.0909. The van der Waals surface area contributed by atoms with E-state index in [1.54, 1.807) is 7.11 Å². The molecule has 1 N–H and O–H groups in total. The van der Waals surface area contributed by atoms with Crippen molar-refractivity contribution < 1.29 is 9.53 Å². The summed E-state index contributed by atoms with van der Waals surface area (Å²) in [6.45, 7) is 2.55. The van der Waals surface area contributed by atoms with Gasteiger partial charge in [0, 0.05) is 12.1 Å². The van der Waals surface area contributed by atoms with E-state index in [4.69, 9.17) is 16.3 Å². The van der Waals surface area contributed by atoms with Gasteiger partial charge in [-0.25, -0.2) is 0 Å². The van der Waals surface area contributed by atoms with Crippen LogP contribution in [0.15, 0.2) is 54.6 Å². The number of nitrogens with one attached hydrogen (secondary N) is 1. The van der Waals surface area contributed by atoms with Crippen molar-refractivity contribution in [3.05, 3.63) is 70.7 Å². The van der Waals surface area contributed by atoms with Crippen molar-refractivity contribution >= 4 is 17.5 Å². The summed E-state index contributed by atoms with van der Waals surface area (Å²) in [5, 5.41) is 3.92. The quantitative estimate of drug-likeness (QED) is 0.709. The van der Waals surface area contributed by atoms with Crippen molar-refractivity contribution in [1.82, 2.24) is 5.32 Å². The van der Waals surface area contributed by atoms with Gasteiger partial charge in [-0.3, -0.25) is 4.79 Å². The zero-order valence-corrected chi connectivity index (χ0v) is 16.9. The van der Waals surface area contributed by atoms with Gasteiger partial charge >= 0.3 is 0 Å². The maximum Gasteiger partial charge on any atom is 0.230 e. The summed E-state index contributed by atoms with van der Waals surface area (Å²) >= 11 is 6.05. The highest BCUT2D eigenvalue weighted by molar-refractivity contribution is 6.30. The Morgan fingerprint density at radius 2 is 1.74 bits per heavy atom. The van der Waals surface area contributed by atoms with Crippen molar-refractivity contribution in [2.24, 2.45) is 0 Å². The van der Waals surface area contributed by atoms with Crippen LogP contribution >= 0.6 is 11.6 Å². The van der Waals surface area contributed by atoms with Crippen molar-refractivity contribution in [2.75, 3.05) is 13.7 Å². The second kappa shape index (κ2) is 8.45. The molecule has 1 amide bonds. The molecule has 0 bridgehead atoms. The van der Waals surface area contributed by atoms with Gasteiger partial charge in [0.25, 0.3) is 0 Å². The number of benzene rings is 2. The summed E-state index contributed by atoms with van der Waals surface area (Å²) in [4.78, 5) is 13.4. The van der Waals surface area contributed by atoms with Crippen LogP contribution in [0.1, 0.15) is 50.2 Å². The Morgan fingerprint density at radius 3 is 2.30 bits per heavy atom. The van der Waals surface area contributed by atoms with Crippen molar-refractivity contribution in [2.45, 2.75) is 50.0 Å². The van der Waals surface area contributed by atoms with Gasteiger partial charge in [-0.1, -0.05) is 73.8 Å². The van der Waals surface area contributed by atoms with Gasteiger partial charge in [0.1, 0.15) is 5.60 Å². The Balaban J connectivity index is 1.82. The molecule has 1 fully saturated rings. The standard InChI is InChI=1S/C23H28ClNO2/c1-3-23(27-2,19-9-5-4-6-10-19)17-25-21(26)22(15-7-8-16-22)18-11-13-20(24)14-12-18/h4-6,9-14H,3,7-8,15-17H2,1-2H3,(H,25,26). The molecule has 2 aromatic carbocycles. The molecule has 1 aliphatic rings. The number of hydrogen-bond donors (Lipinski definition) is 1. The molecule has 0 radical (unpaired) electrons. The van der Waals surface area contributed by atoms with E-state index in [2.05, 4.69) is 24.4 Å². The van der Waals surface area contributed by atoms with Crippen LogP contribution in [-0.4, -0.2) is 19.6 Å². The fraction of sp³-hybridized carbons (Fsp3) is 0.435. The predicted molar refractivity (Wildman–Crippen MR) is 110 cm³/mol. The summed E-state index contributed by atoms with van der Waals surface area (Å²) in [7, 11) is 1.72. The third-order valence-corrected chi connectivity index (χ3v) is 6.34. The van der Waals surface area contributed by atoms with Crippen molar-refractivity contribution in [3.63, 3.8) is 0 Å². The summed E-state index contributed by atoms with van der Waals surface area (Å²) in [6, 6.07) is 17.9. The van der Waals surface area contributed by atoms with Crippen LogP contribution in [0.5, 0.6) is 0 Å². The minimum absolute atomic E-state index is 0.0909. The van der Waals surface area contributed by atoms with Gasteiger partial charge in [0.05, 0.1) is 12.0 Å². The Bertz CT molecular complexity index is 748. The monoisotopic (exact) mass is 385 g/mol. The number of methoxy groups -OCH3 is 1. The lowest BCUT2D eigenvalue weighted by Gasteiger charge is -2.35. The van der Waals surface area contributed by atoms with E-state index in [1.165, 1.54) is 0 Å². The lowest BCUT2D eigenvalue weighted by atomic mass is 9.77. The highest BCUT2D eigenvalue weighted by Gasteiger charge is 2.43. The second-order valence-electron chi connectivity index (χ2n) is 7.40. The van der Waals surface area contributed by atoms with Gasteiger partial charge < -0.3 is 10.1 Å². The maximum absolute atomic E-state index is 13.4. The highest BCUT2D eigenvalue weighted by Crippen LogP contribution is 2.42. The summed E-state index contributed by atoms with van der Waals surface area (Å²) in [5.41, 5.74) is 1.16. The number of ether oxygens (including phenoxy) is 1. The average molecular weight is 386 g/mol. The van der Waals surface area contributed by atoms with E-state index in [9.17, 15) is 4.79 Å². The third kappa shape index (κ3) is 3.90. The first-order valence-corrected chi connectivity index (χ1v) is 10.1. The molecule has 0 spiro atoms. The maximum atomic E-state index is 13.4. The molecule has 2 aromatic rings. The number of amides is 1. The molecular weight excluding hydrogens is 358 g/mol. The number of carbonyl (C=O) groups is 1. The van der Waals surface area contributed by atoms with Gasteiger partial charge in [0.2, 0.25) is 5.91 Å².